The van der Waals surface area contributed by atoms with Crippen molar-refractivity contribution in [3.05, 3.63) is 28.2 Å². The molecule has 1 rings (SSSR count). The number of amides is 1. The van der Waals surface area contributed by atoms with E-state index in [4.69, 9.17) is 0 Å². The van der Waals surface area contributed by atoms with E-state index < -0.39 is 0 Å². The Morgan fingerprint density at radius 1 is 1.44 bits per heavy atom. The fourth-order valence-electron chi connectivity index (χ4n) is 1.58. The molecule has 1 aromatic rings. The summed E-state index contributed by atoms with van der Waals surface area (Å²) in [6.07, 6.45) is 0. The van der Waals surface area contributed by atoms with Gasteiger partial charge < -0.3 is 10.6 Å². The van der Waals surface area contributed by atoms with Gasteiger partial charge in [-0.2, -0.15) is 0 Å². The minimum absolute atomic E-state index is 0.0130. The number of hydrogen-bond donors (Lipinski definition) is 2. The average molecular weight is 314 g/mol. The molecule has 1 aromatic carbocycles. The molecule has 5 heteroatoms. The molecule has 18 heavy (non-hydrogen) atoms. The number of carbonyl (C=O) groups is 1. The maximum absolute atomic E-state index is 11.8. The monoisotopic (exact) mass is 313 g/mol. The molecule has 0 bridgehead atoms. The third kappa shape index (κ3) is 5.16. The summed E-state index contributed by atoms with van der Waals surface area (Å²) < 4.78 is 1.02. The summed E-state index contributed by atoms with van der Waals surface area (Å²) >= 11 is 3.40. The van der Waals surface area contributed by atoms with Gasteiger partial charge >= 0.3 is 0 Å². The van der Waals surface area contributed by atoms with Crippen LogP contribution in [-0.2, 0) is 4.79 Å². The van der Waals surface area contributed by atoms with Gasteiger partial charge in [-0.05, 0) is 44.8 Å². The molecular formula is C13H20BrN3O. The van der Waals surface area contributed by atoms with Gasteiger partial charge in [0.2, 0.25) is 5.91 Å². The van der Waals surface area contributed by atoms with E-state index in [1.54, 1.807) is 0 Å². The van der Waals surface area contributed by atoms with Crippen molar-refractivity contribution in [2.24, 2.45) is 0 Å². The summed E-state index contributed by atoms with van der Waals surface area (Å²) in [7, 11) is 3.84. The highest BCUT2D eigenvalue weighted by Crippen LogP contribution is 2.19. The van der Waals surface area contributed by atoms with Gasteiger partial charge in [0.25, 0.3) is 0 Å². The van der Waals surface area contributed by atoms with E-state index >= 15 is 0 Å². The van der Waals surface area contributed by atoms with Gasteiger partial charge in [0.1, 0.15) is 0 Å². The molecule has 0 fully saturated rings. The SMILES string of the molecule is CNCCN(C)CC(=O)Nc1ccc(Br)cc1C. The summed E-state index contributed by atoms with van der Waals surface area (Å²) in [6.45, 7) is 4.10. The molecule has 4 nitrogen and oxygen atoms in total. The largest absolute Gasteiger partial charge is 0.325 e. The summed E-state index contributed by atoms with van der Waals surface area (Å²) in [5.74, 6) is 0.0130. The highest BCUT2D eigenvalue weighted by atomic mass is 79.9. The molecule has 0 aliphatic heterocycles. The minimum atomic E-state index is 0.0130. The number of rotatable bonds is 6. The van der Waals surface area contributed by atoms with Crippen LogP contribution in [0.3, 0.4) is 0 Å². The lowest BCUT2D eigenvalue weighted by Crippen LogP contribution is -2.34. The van der Waals surface area contributed by atoms with Gasteiger partial charge in [0, 0.05) is 23.2 Å². The molecule has 0 heterocycles. The first-order valence-electron chi connectivity index (χ1n) is 5.92. The number of aryl methyl sites for hydroxylation is 1. The van der Waals surface area contributed by atoms with Crippen LogP contribution in [0.4, 0.5) is 5.69 Å². The van der Waals surface area contributed by atoms with E-state index in [1.165, 1.54) is 0 Å². The summed E-state index contributed by atoms with van der Waals surface area (Å²) in [5, 5.41) is 5.98. The molecule has 0 radical (unpaired) electrons. The zero-order valence-corrected chi connectivity index (χ0v) is 12.7. The van der Waals surface area contributed by atoms with Gasteiger partial charge in [0.15, 0.2) is 0 Å². The highest BCUT2D eigenvalue weighted by molar-refractivity contribution is 9.10. The first-order chi connectivity index (χ1) is 8.52. The van der Waals surface area contributed by atoms with Gasteiger partial charge in [-0.3, -0.25) is 9.69 Å². The third-order valence-electron chi connectivity index (χ3n) is 2.62. The second kappa shape index (κ2) is 7.51. The topological polar surface area (TPSA) is 44.4 Å². The number of benzene rings is 1. The van der Waals surface area contributed by atoms with Gasteiger partial charge in [-0.25, -0.2) is 0 Å². The molecule has 0 spiro atoms. The third-order valence-corrected chi connectivity index (χ3v) is 3.11. The van der Waals surface area contributed by atoms with Crippen molar-refractivity contribution in [2.75, 3.05) is 39.0 Å². The summed E-state index contributed by atoms with van der Waals surface area (Å²) in [4.78, 5) is 13.8. The van der Waals surface area contributed by atoms with Crippen molar-refractivity contribution >= 4 is 27.5 Å². The van der Waals surface area contributed by atoms with Crippen molar-refractivity contribution in [3.8, 4) is 0 Å². The van der Waals surface area contributed by atoms with E-state index in [0.717, 1.165) is 28.8 Å². The van der Waals surface area contributed by atoms with Crippen LogP contribution in [-0.4, -0.2) is 44.5 Å². The quantitative estimate of drug-likeness (QED) is 0.842. The first kappa shape index (κ1) is 15.1. The number of halogens is 1. The predicted octanol–water partition coefficient (Wildman–Crippen LogP) is 1.85. The molecule has 1 amide bonds. The minimum Gasteiger partial charge on any atom is -0.325 e. The van der Waals surface area contributed by atoms with Crippen molar-refractivity contribution in [1.29, 1.82) is 0 Å². The van der Waals surface area contributed by atoms with Gasteiger partial charge in [-0.15, -0.1) is 0 Å². The number of carbonyl (C=O) groups excluding carboxylic acids is 1. The van der Waals surface area contributed by atoms with Crippen molar-refractivity contribution < 1.29 is 4.79 Å². The normalized spacial score (nSPS) is 10.7. The van der Waals surface area contributed by atoms with Crippen molar-refractivity contribution in [3.63, 3.8) is 0 Å². The molecule has 100 valence electrons. The maximum atomic E-state index is 11.8. The Bertz CT molecular complexity index is 409. The van der Waals surface area contributed by atoms with E-state index in [2.05, 4.69) is 26.6 Å². The second-order valence-corrected chi connectivity index (χ2v) is 5.26. The van der Waals surface area contributed by atoms with Crippen LogP contribution in [0.2, 0.25) is 0 Å². The Morgan fingerprint density at radius 2 is 2.17 bits per heavy atom. The molecule has 0 unspecified atom stereocenters. The van der Waals surface area contributed by atoms with Crippen LogP contribution in [0.5, 0.6) is 0 Å². The standard InChI is InChI=1S/C13H20BrN3O/c1-10-8-11(14)4-5-12(10)16-13(18)9-17(3)7-6-15-2/h4-5,8,15H,6-7,9H2,1-3H3,(H,16,18). The lowest BCUT2D eigenvalue weighted by molar-refractivity contribution is -0.117. The van der Waals surface area contributed by atoms with Crippen LogP contribution in [0.15, 0.2) is 22.7 Å². The van der Waals surface area contributed by atoms with Crippen LogP contribution < -0.4 is 10.6 Å². The molecule has 0 saturated carbocycles. The van der Waals surface area contributed by atoms with Crippen molar-refractivity contribution in [2.45, 2.75) is 6.92 Å². The number of nitrogens with zero attached hydrogens (tertiary/aromatic N) is 1. The number of anilines is 1. The Labute approximate surface area is 117 Å². The number of likely N-dealkylation sites (N-methyl/N-ethyl adjacent to an activating group) is 2. The maximum Gasteiger partial charge on any atom is 0.238 e. The van der Waals surface area contributed by atoms with Gasteiger partial charge in [0.05, 0.1) is 6.54 Å². The zero-order valence-electron chi connectivity index (χ0n) is 11.1. The van der Waals surface area contributed by atoms with Crippen molar-refractivity contribution in [1.82, 2.24) is 10.2 Å². The number of nitrogens with one attached hydrogen (secondary N) is 2. The average Bonchev–Trinajstić information content (AvgIpc) is 2.30. The zero-order chi connectivity index (χ0) is 13.5. The molecule has 0 aliphatic rings. The summed E-state index contributed by atoms with van der Waals surface area (Å²) in [5.41, 5.74) is 1.92. The molecule has 0 aromatic heterocycles. The second-order valence-electron chi connectivity index (χ2n) is 4.35. The van der Waals surface area contributed by atoms with Crippen LogP contribution in [0.25, 0.3) is 0 Å². The Balaban J connectivity index is 2.49. The smallest absolute Gasteiger partial charge is 0.238 e. The fraction of sp³-hybridized carbons (Fsp3) is 0.462. The van der Waals surface area contributed by atoms with Gasteiger partial charge in [-0.1, -0.05) is 15.9 Å². The Morgan fingerprint density at radius 3 is 2.78 bits per heavy atom. The first-order valence-corrected chi connectivity index (χ1v) is 6.71. The van der Waals surface area contributed by atoms with E-state index in [-0.39, 0.29) is 5.91 Å². The molecule has 0 aliphatic carbocycles. The van der Waals surface area contributed by atoms with E-state index in [9.17, 15) is 4.79 Å². The fourth-order valence-corrected chi connectivity index (χ4v) is 2.06. The Kier molecular flexibility index (Phi) is 6.32. The van der Waals surface area contributed by atoms with Crippen LogP contribution in [0, 0.1) is 6.92 Å². The van der Waals surface area contributed by atoms with E-state index in [1.807, 2.05) is 44.1 Å². The number of hydrogen-bond acceptors (Lipinski definition) is 3. The van der Waals surface area contributed by atoms with Crippen LogP contribution >= 0.6 is 15.9 Å². The lowest BCUT2D eigenvalue weighted by Gasteiger charge is -2.16. The van der Waals surface area contributed by atoms with Crippen LogP contribution in [0.1, 0.15) is 5.56 Å². The molecule has 0 atom stereocenters. The Hall–Kier alpha value is -0.910. The predicted molar refractivity (Wildman–Crippen MR) is 78.9 cm³/mol. The summed E-state index contributed by atoms with van der Waals surface area (Å²) in [6, 6.07) is 5.82. The molecule has 2 N–H and O–H groups in total. The molecule has 0 saturated heterocycles. The molecular weight excluding hydrogens is 294 g/mol. The van der Waals surface area contributed by atoms with E-state index in [0.29, 0.717) is 6.54 Å². The lowest BCUT2D eigenvalue weighted by atomic mass is 10.2. The highest BCUT2D eigenvalue weighted by Gasteiger charge is 2.07.